The number of para-hydroxylation sites is 4. The Labute approximate surface area is 316 Å². The number of rotatable bonds is 12. The molecule has 2 N–H and O–H groups in total. The first-order valence-corrected chi connectivity index (χ1v) is 18.5. The maximum atomic E-state index is 3.56. The van der Waals surface area contributed by atoms with Crippen molar-refractivity contribution in [2.45, 2.75) is 9.79 Å². The summed E-state index contributed by atoms with van der Waals surface area (Å²) >= 11 is 1.75. The van der Waals surface area contributed by atoms with Crippen molar-refractivity contribution in [3.8, 4) is 0 Å². The van der Waals surface area contributed by atoms with Gasteiger partial charge in [-0.05, 0) is 146 Å². The normalized spacial score (nSPS) is 10.7. The SMILES string of the molecule is c1ccc(N(c2ccccc2)c2ccc(Nc3ccc(Sc4ccc(Nc5ccc(N(c6ccccc6)c6ccccc6)cc5)cc4)cc3)cc2)cc1. The summed E-state index contributed by atoms with van der Waals surface area (Å²) in [5.74, 6) is 0. The predicted octanol–water partition coefficient (Wildman–Crippen LogP) is 14.3. The van der Waals surface area contributed by atoms with Crippen LogP contribution in [0.1, 0.15) is 0 Å². The molecule has 4 nitrogen and oxygen atoms in total. The molecule has 8 aromatic rings. The van der Waals surface area contributed by atoms with Crippen LogP contribution in [0.3, 0.4) is 0 Å². The Morgan fingerprint density at radius 3 is 0.736 bits per heavy atom. The standard InChI is InChI=1S/C48H38N4S/c1-5-13-41(14-6-1)51(42-15-7-2-8-16-42)45-29-21-37(22-30-45)49-39-25-33-47(34-26-39)53-48-35-27-40(28-36-48)50-38-23-31-46(32-24-38)52(43-17-9-3-10-18-43)44-19-11-4-12-20-44/h1-36,49-50H. The molecule has 0 aliphatic carbocycles. The number of hydrogen-bond acceptors (Lipinski definition) is 5. The highest BCUT2D eigenvalue weighted by atomic mass is 32.2. The lowest BCUT2D eigenvalue weighted by Gasteiger charge is -2.25. The molecule has 0 unspecified atom stereocenters. The minimum Gasteiger partial charge on any atom is -0.356 e. The summed E-state index contributed by atoms with van der Waals surface area (Å²) in [7, 11) is 0. The third-order valence-electron chi connectivity index (χ3n) is 8.83. The van der Waals surface area contributed by atoms with E-state index in [9.17, 15) is 0 Å². The second-order valence-electron chi connectivity index (χ2n) is 12.5. The van der Waals surface area contributed by atoms with Crippen molar-refractivity contribution in [1.82, 2.24) is 0 Å². The van der Waals surface area contributed by atoms with Crippen LogP contribution in [-0.4, -0.2) is 0 Å². The van der Waals surface area contributed by atoms with Crippen LogP contribution in [0.15, 0.2) is 228 Å². The van der Waals surface area contributed by atoms with E-state index in [0.717, 1.165) is 56.9 Å². The second-order valence-corrected chi connectivity index (χ2v) is 13.7. The van der Waals surface area contributed by atoms with E-state index in [0.29, 0.717) is 0 Å². The number of benzene rings is 8. The average Bonchev–Trinajstić information content (AvgIpc) is 3.22. The van der Waals surface area contributed by atoms with Gasteiger partial charge in [0.1, 0.15) is 0 Å². The fourth-order valence-electron chi connectivity index (χ4n) is 6.27. The minimum absolute atomic E-state index is 1.04. The fourth-order valence-corrected chi connectivity index (χ4v) is 7.09. The molecule has 0 aliphatic rings. The summed E-state index contributed by atoms with van der Waals surface area (Å²) in [5, 5.41) is 7.12. The lowest BCUT2D eigenvalue weighted by molar-refractivity contribution is 1.28. The summed E-state index contributed by atoms with van der Waals surface area (Å²) < 4.78 is 0. The van der Waals surface area contributed by atoms with Gasteiger partial charge in [-0.25, -0.2) is 0 Å². The topological polar surface area (TPSA) is 30.5 Å². The van der Waals surface area contributed by atoms with Gasteiger partial charge in [0.15, 0.2) is 0 Å². The zero-order valence-electron chi connectivity index (χ0n) is 29.1. The van der Waals surface area contributed by atoms with Crippen LogP contribution in [0, 0.1) is 0 Å². The quantitative estimate of drug-likeness (QED) is 0.132. The van der Waals surface area contributed by atoms with Crippen LogP contribution in [0.2, 0.25) is 0 Å². The zero-order chi connectivity index (χ0) is 35.7. The van der Waals surface area contributed by atoms with Crippen molar-refractivity contribution < 1.29 is 0 Å². The molecular formula is C48H38N4S. The predicted molar refractivity (Wildman–Crippen MR) is 226 cm³/mol. The van der Waals surface area contributed by atoms with E-state index in [1.807, 2.05) is 24.3 Å². The van der Waals surface area contributed by atoms with Crippen molar-refractivity contribution in [2.24, 2.45) is 0 Å². The first-order valence-electron chi connectivity index (χ1n) is 17.7. The molecule has 0 bridgehead atoms. The van der Waals surface area contributed by atoms with Crippen molar-refractivity contribution in [3.63, 3.8) is 0 Å². The van der Waals surface area contributed by atoms with E-state index in [-0.39, 0.29) is 0 Å². The number of hydrogen-bond donors (Lipinski definition) is 2. The molecule has 0 amide bonds. The molecule has 0 fully saturated rings. The third-order valence-corrected chi connectivity index (χ3v) is 9.85. The summed E-state index contributed by atoms with van der Waals surface area (Å²) in [5.41, 5.74) is 10.9. The number of anilines is 10. The van der Waals surface area contributed by atoms with Crippen LogP contribution in [0.4, 0.5) is 56.9 Å². The van der Waals surface area contributed by atoms with E-state index >= 15 is 0 Å². The minimum atomic E-state index is 1.04. The van der Waals surface area contributed by atoms with Gasteiger partial charge in [-0.15, -0.1) is 0 Å². The van der Waals surface area contributed by atoms with Crippen LogP contribution in [0.5, 0.6) is 0 Å². The molecule has 0 aromatic heterocycles. The zero-order valence-corrected chi connectivity index (χ0v) is 29.9. The monoisotopic (exact) mass is 702 g/mol. The third kappa shape index (κ3) is 8.28. The largest absolute Gasteiger partial charge is 0.356 e. The highest BCUT2D eigenvalue weighted by molar-refractivity contribution is 7.99. The summed E-state index contributed by atoms with van der Waals surface area (Å²) in [6.45, 7) is 0. The molecule has 0 saturated carbocycles. The van der Waals surface area contributed by atoms with Crippen LogP contribution in [-0.2, 0) is 0 Å². The first kappa shape index (κ1) is 33.5. The van der Waals surface area contributed by atoms with Crippen LogP contribution >= 0.6 is 11.8 Å². The molecule has 256 valence electrons. The first-order chi connectivity index (χ1) is 26.2. The fraction of sp³-hybridized carbons (Fsp3) is 0. The molecule has 0 atom stereocenters. The number of nitrogens with zero attached hydrogens (tertiary/aromatic N) is 2. The van der Waals surface area contributed by atoms with E-state index in [1.54, 1.807) is 11.8 Å². The van der Waals surface area contributed by atoms with Gasteiger partial charge in [0.05, 0.1) is 0 Å². The highest BCUT2D eigenvalue weighted by Gasteiger charge is 2.13. The number of nitrogens with one attached hydrogen (secondary N) is 2. The van der Waals surface area contributed by atoms with E-state index in [2.05, 4.69) is 215 Å². The summed E-state index contributed by atoms with van der Waals surface area (Å²) in [6, 6.07) is 76.2. The Morgan fingerprint density at radius 2 is 0.472 bits per heavy atom. The van der Waals surface area contributed by atoms with Crippen molar-refractivity contribution in [2.75, 3.05) is 20.4 Å². The van der Waals surface area contributed by atoms with Gasteiger partial charge in [-0.3, -0.25) is 0 Å². The molecule has 0 spiro atoms. The molecule has 53 heavy (non-hydrogen) atoms. The molecule has 0 heterocycles. The van der Waals surface area contributed by atoms with Gasteiger partial charge < -0.3 is 20.4 Å². The van der Waals surface area contributed by atoms with Crippen LogP contribution in [0.25, 0.3) is 0 Å². The molecule has 5 heteroatoms. The van der Waals surface area contributed by atoms with Gasteiger partial charge in [0.25, 0.3) is 0 Å². The maximum Gasteiger partial charge on any atom is 0.0463 e. The summed E-state index contributed by atoms with van der Waals surface area (Å²) in [4.78, 5) is 6.90. The smallest absolute Gasteiger partial charge is 0.0463 e. The Hall–Kier alpha value is -6.69. The van der Waals surface area contributed by atoms with Crippen molar-refractivity contribution in [3.05, 3.63) is 218 Å². The average molecular weight is 703 g/mol. The van der Waals surface area contributed by atoms with Gasteiger partial charge in [0.2, 0.25) is 0 Å². The van der Waals surface area contributed by atoms with Gasteiger partial charge in [-0.2, -0.15) is 0 Å². The van der Waals surface area contributed by atoms with Crippen LogP contribution < -0.4 is 20.4 Å². The lowest BCUT2D eigenvalue weighted by atomic mass is 10.2. The summed E-state index contributed by atoms with van der Waals surface area (Å²) in [6.07, 6.45) is 0. The van der Waals surface area contributed by atoms with Crippen molar-refractivity contribution in [1.29, 1.82) is 0 Å². The molecule has 0 aliphatic heterocycles. The second kappa shape index (κ2) is 16.1. The van der Waals surface area contributed by atoms with Gasteiger partial charge in [0, 0.05) is 66.7 Å². The van der Waals surface area contributed by atoms with E-state index in [4.69, 9.17) is 0 Å². The molecule has 8 rings (SSSR count). The Kier molecular flexibility index (Phi) is 10.2. The Balaban J connectivity index is 0.882. The molecule has 8 aromatic carbocycles. The van der Waals surface area contributed by atoms with Gasteiger partial charge in [-0.1, -0.05) is 84.6 Å². The lowest BCUT2D eigenvalue weighted by Crippen LogP contribution is -2.09. The highest BCUT2D eigenvalue weighted by Crippen LogP contribution is 2.37. The Morgan fingerprint density at radius 1 is 0.245 bits per heavy atom. The molecule has 0 saturated heterocycles. The van der Waals surface area contributed by atoms with Gasteiger partial charge >= 0.3 is 0 Å². The Bertz CT molecular complexity index is 2070. The molecular weight excluding hydrogens is 665 g/mol. The maximum absolute atomic E-state index is 3.56. The molecule has 0 radical (unpaired) electrons. The van der Waals surface area contributed by atoms with Crippen molar-refractivity contribution >= 4 is 68.6 Å². The van der Waals surface area contributed by atoms with E-state index < -0.39 is 0 Å². The van der Waals surface area contributed by atoms with E-state index in [1.165, 1.54) is 9.79 Å².